The molecule has 1 spiro atoms. The molecule has 0 bridgehead atoms. The molecule has 3 aromatic rings. The van der Waals surface area contributed by atoms with E-state index in [1.807, 2.05) is 42.5 Å². The Labute approximate surface area is 148 Å². The van der Waals surface area contributed by atoms with Gasteiger partial charge in [-0.2, -0.15) is 0 Å². The van der Waals surface area contributed by atoms with Crippen molar-refractivity contribution in [3.8, 4) is 5.69 Å². The lowest BCUT2D eigenvalue weighted by Crippen LogP contribution is -2.44. The fourth-order valence-electron chi connectivity index (χ4n) is 4.70. The molecule has 0 saturated carbocycles. The molecule has 4 heterocycles. The Morgan fingerprint density at radius 3 is 2.81 bits per heavy atom. The zero-order valence-corrected chi connectivity index (χ0v) is 13.9. The molecule has 3 aliphatic rings. The number of hydrogen-bond donors (Lipinski definition) is 0. The molecule has 0 N–H and O–H groups in total. The molecule has 128 valence electrons. The summed E-state index contributed by atoms with van der Waals surface area (Å²) in [4.78, 5) is 32.7. The number of para-hydroxylation sites is 2. The first-order valence-electron chi connectivity index (χ1n) is 8.83. The fourth-order valence-corrected chi connectivity index (χ4v) is 4.70. The second-order valence-corrected chi connectivity index (χ2v) is 7.03. The maximum absolute atomic E-state index is 13.3. The van der Waals surface area contributed by atoms with E-state index in [0.717, 1.165) is 30.6 Å². The van der Waals surface area contributed by atoms with Crippen molar-refractivity contribution in [3.63, 3.8) is 0 Å². The summed E-state index contributed by atoms with van der Waals surface area (Å²) in [5.41, 5.74) is 0.949. The minimum absolute atomic E-state index is 0.131. The zero-order valence-electron chi connectivity index (χ0n) is 13.9. The number of ether oxygens (including phenoxy) is 1. The van der Waals surface area contributed by atoms with E-state index >= 15 is 0 Å². The highest BCUT2D eigenvalue weighted by molar-refractivity contribution is 5.83. The van der Waals surface area contributed by atoms with E-state index in [1.165, 1.54) is 0 Å². The van der Waals surface area contributed by atoms with E-state index < -0.39 is 5.72 Å². The lowest BCUT2D eigenvalue weighted by molar-refractivity contribution is -0.151. The topological polar surface area (TPSA) is 64.4 Å². The van der Waals surface area contributed by atoms with E-state index in [0.29, 0.717) is 16.7 Å². The van der Waals surface area contributed by atoms with E-state index in [9.17, 15) is 9.59 Å². The zero-order chi connectivity index (χ0) is 17.5. The standard InChI is InChI=1S/C20H15N3O3/c24-17-12-6-1-3-8-14(12)21-19-20(13-7-2-4-9-15(13)23(17)19)22-11-5-10-16(22)18(25)26-20/h1-4,6-9,16H,5,10-11H2/t16-,20+/m0/s1. The number of carbonyl (C=O) groups is 1. The SMILES string of the molecule is O=C1O[C@@]2(c3ccccc3-n3c2nc2ccccc2c3=O)N2CCC[C@@H]12. The van der Waals surface area contributed by atoms with Crippen molar-refractivity contribution in [1.82, 2.24) is 14.5 Å². The van der Waals surface area contributed by atoms with Crippen LogP contribution in [0.15, 0.2) is 53.3 Å². The maximum atomic E-state index is 13.3. The van der Waals surface area contributed by atoms with Gasteiger partial charge < -0.3 is 4.74 Å². The molecule has 2 fully saturated rings. The molecule has 6 rings (SSSR count). The molecule has 1 aromatic heterocycles. The average Bonchev–Trinajstić information content (AvgIpc) is 3.32. The van der Waals surface area contributed by atoms with Crippen LogP contribution in [-0.4, -0.2) is 33.0 Å². The molecular formula is C20H15N3O3. The van der Waals surface area contributed by atoms with Gasteiger partial charge in [0.15, 0.2) is 5.82 Å². The van der Waals surface area contributed by atoms with Crippen LogP contribution in [0.25, 0.3) is 16.6 Å². The lowest BCUT2D eigenvalue weighted by atomic mass is 10.0. The first-order chi connectivity index (χ1) is 12.7. The maximum Gasteiger partial charge on any atom is 0.325 e. The summed E-state index contributed by atoms with van der Waals surface area (Å²) in [6.45, 7) is 0.743. The molecule has 6 heteroatoms. The van der Waals surface area contributed by atoms with Crippen LogP contribution in [-0.2, 0) is 15.3 Å². The fraction of sp³-hybridized carbons (Fsp3) is 0.250. The van der Waals surface area contributed by atoms with Crippen molar-refractivity contribution in [2.45, 2.75) is 24.6 Å². The van der Waals surface area contributed by atoms with E-state index in [4.69, 9.17) is 9.72 Å². The number of nitrogens with zero attached hydrogens (tertiary/aromatic N) is 3. The highest BCUT2D eigenvalue weighted by atomic mass is 16.6. The van der Waals surface area contributed by atoms with Gasteiger partial charge in [0.2, 0.25) is 0 Å². The van der Waals surface area contributed by atoms with Gasteiger partial charge in [-0.1, -0.05) is 30.3 Å². The summed E-state index contributed by atoms with van der Waals surface area (Å²) in [5, 5.41) is 0.561. The van der Waals surface area contributed by atoms with Gasteiger partial charge in [0.25, 0.3) is 11.3 Å². The molecule has 6 nitrogen and oxygen atoms in total. The normalized spacial score (nSPS) is 26.2. The summed E-state index contributed by atoms with van der Waals surface area (Å²) in [6.07, 6.45) is 1.71. The second-order valence-electron chi connectivity index (χ2n) is 7.03. The van der Waals surface area contributed by atoms with Crippen molar-refractivity contribution in [3.05, 3.63) is 70.3 Å². The van der Waals surface area contributed by atoms with Crippen LogP contribution in [0.4, 0.5) is 0 Å². The van der Waals surface area contributed by atoms with Gasteiger partial charge in [0.05, 0.1) is 16.6 Å². The second kappa shape index (κ2) is 4.59. The van der Waals surface area contributed by atoms with Crippen molar-refractivity contribution < 1.29 is 9.53 Å². The number of aromatic nitrogens is 2. The van der Waals surface area contributed by atoms with Gasteiger partial charge in [-0.3, -0.25) is 14.2 Å². The first-order valence-corrected chi connectivity index (χ1v) is 8.83. The van der Waals surface area contributed by atoms with Crippen molar-refractivity contribution in [1.29, 1.82) is 0 Å². The van der Waals surface area contributed by atoms with Crippen LogP contribution in [0.2, 0.25) is 0 Å². The van der Waals surface area contributed by atoms with Gasteiger partial charge in [0.1, 0.15) is 6.04 Å². The third-order valence-corrected chi connectivity index (χ3v) is 5.77. The van der Waals surface area contributed by atoms with Gasteiger partial charge in [-0.05, 0) is 31.0 Å². The predicted octanol–water partition coefficient (Wildman–Crippen LogP) is 1.92. The Hall–Kier alpha value is -2.99. The van der Waals surface area contributed by atoms with Gasteiger partial charge in [0, 0.05) is 12.1 Å². The minimum atomic E-state index is -1.10. The van der Waals surface area contributed by atoms with Crippen LogP contribution in [0.1, 0.15) is 24.2 Å². The van der Waals surface area contributed by atoms with Crippen LogP contribution in [0.3, 0.4) is 0 Å². The number of benzene rings is 2. The molecule has 26 heavy (non-hydrogen) atoms. The van der Waals surface area contributed by atoms with Gasteiger partial charge in [-0.25, -0.2) is 9.88 Å². The Bertz CT molecular complexity index is 1170. The molecule has 0 radical (unpaired) electrons. The summed E-state index contributed by atoms with van der Waals surface area (Å²) in [7, 11) is 0. The average molecular weight is 345 g/mol. The molecule has 0 aliphatic carbocycles. The molecule has 3 aliphatic heterocycles. The quantitative estimate of drug-likeness (QED) is 0.583. The number of carbonyl (C=O) groups excluding carboxylic acids is 1. The van der Waals surface area contributed by atoms with E-state index in [2.05, 4.69) is 4.90 Å². The first kappa shape index (κ1) is 14.2. The molecule has 0 amide bonds. The number of esters is 1. The monoisotopic (exact) mass is 345 g/mol. The molecule has 2 saturated heterocycles. The van der Waals surface area contributed by atoms with Gasteiger partial charge in [-0.15, -0.1) is 0 Å². The largest absolute Gasteiger partial charge is 0.430 e. The third kappa shape index (κ3) is 1.46. The number of hydrogen-bond acceptors (Lipinski definition) is 5. The van der Waals surface area contributed by atoms with Crippen LogP contribution in [0.5, 0.6) is 0 Å². The highest BCUT2D eigenvalue weighted by Gasteiger charge is 2.63. The van der Waals surface area contributed by atoms with Crippen molar-refractivity contribution in [2.75, 3.05) is 6.54 Å². The van der Waals surface area contributed by atoms with Crippen LogP contribution in [0, 0.1) is 0 Å². The number of fused-ring (bicyclic) bond motifs is 8. The smallest absolute Gasteiger partial charge is 0.325 e. The lowest BCUT2D eigenvalue weighted by Gasteiger charge is -2.31. The summed E-state index contributed by atoms with van der Waals surface area (Å²) in [6, 6.07) is 14.7. The van der Waals surface area contributed by atoms with Crippen LogP contribution < -0.4 is 5.56 Å². The number of rotatable bonds is 0. The van der Waals surface area contributed by atoms with E-state index in [-0.39, 0.29) is 17.6 Å². The summed E-state index contributed by atoms with van der Waals surface area (Å²) in [5.74, 6) is 0.258. The van der Waals surface area contributed by atoms with Crippen LogP contribution >= 0.6 is 0 Å². The Balaban J connectivity index is 1.78. The predicted molar refractivity (Wildman–Crippen MR) is 93.9 cm³/mol. The summed E-state index contributed by atoms with van der Waals surface area (Å²) < 4.78 is 7.62. The van der Waals surface area contributed by atoms with Crippen molar-refractivity contribution in [2.24, 2.45) is 0 Å². The Morgan fingerprint density at radius 1 is 1.08 bits per heavy atom. The molecule has 2 atom stereocenters. The Kier molecular flexibility index (Phi) is 2.51. The Morgan fingerprint density at radius 2 is 1.88 bits per heavy atom. The minimum Gasteiger partial charge on any atom is -0.430 e. The van der Waals surface area contributed by atoms with E-state index in [1.54, 1.807) is 10.6 Å². The third-order valence-electron chi connectivity index (χ3n) is 5.77. The van der Waals surface area contributed by atoms with Crippen molar-refractivity contribution >= 4 is 16.9 Å². The molecular weight excluding hydrogens is 330 g/mol. The molecule has 2 aromatic carbocycles. The summed E-state index contributed by atoms with van der Waals surface area (Å²) >= 11 is 0. The van der Waals surface area contributed by atoms with Gasteiger partial charge >= 0.3 is 5.97 Å². The molecule has 0 unspecified atom stereocenters. The highest BCUT2D eigenvalue weighted by Crippen LogP contribution is 2.51.